The smallest absolute Gasteiger partial charge is 0.152 e. The van der Waals surface area contributed by atoms with E-state index < -0.39 is 0 Å². The topological polar surface area (TPSA) is 45.4 Å². The second kappa shape index (κ2) is 5.29. The van der Waals surface area contributed by atoms with E-state index in [-0.39, 0.29) is 0 Å². The molecular formula is C16H22N4. The van der Waals surface area contributed by atoms with Crippen LogP contribution in [0.25, 0.3) is 10.9 Å². The number of piperazine rings is 1. The van der Waals surface area contributed by atoms with Crippen LogP contribution in [0, 0.1) is 6.92 Å². The summed E-state index contributed by atoms with van der Waals surface area (Å²) >= 11 is 0. The summed E-state index contributed by atoms with van der Waals surface area (Å²) < 4.78 is 0. The third-order valence-corrected chi connectivity index (χ3v) is 4.30. The van der Waals surface area contributed by atoms with Crippen molar-refractivity contribution in [3.05, 3.63) is 29.8 Å². The van der Waals surface area contributed by atoms with Crippen LogP contribution in [0.3, 0.4) is 0 Å². The molecule has 3 rings (SSSR count). The van der Waals surface area contributed by atoms with Crippen LogP contribution >= 0.6 is 0 Å². The maximum absolute atomic E-state index is 6.33. The quantitative estimate of drug-likeness (QED) is 0.909. The van der Waals surface area contributed by atoms with E-state index in [0.29, 0.717) is 0 Å². The number of nitrogens with two attached hydrogens (primary N) is 1. The van der Waals surface area contributed by atoms with Gasteiger partial charge in [-0.1, -0.05) is 25.1 Å². The summed E-state index contributed by atoms with van der Waals surface area (Å²) in [5.41, 5.74) is 9.33. The van der Waals surface area contributed by atoms with Crippen molar-refractivity contribution in [1.82, 2.24) is 9.88 Å². The van der Waals surface area contributed by atoms with Crippen molar-refractivity contribution < 1.29 is 0 Å². The second-order valence-corrected chi connectivity index (χ2v) is 5.41. The van der Waals surface area contributed by atoms with Gasteiger partial charge >= 0.3 is 0 Å². The summed E-state index contributed by atoms with van der Waals surface area (Å²) in [4.78, 5) is 9.57. The monoisotopic (exact) mass is 270 g/mol. The van der Waals surface area contributed by atoms with Crippen LogP contribution in [0.1, 0.15) is 12.5 Å². The first-order chi connectivity index (χ1) is 9.70. The summed E-state index contributed by atoms with van der Waals surface area (Å²) in [5, 5.41) is 1.15. The summed E-state index contributed by atoms with van der Waals surface area (Å²) in [6.07, 6.45) is 0. The summed E-state index contributed by atoms with van der Waals surface area (Å²) in [7, 11) is 0. The number of hydrogen-bond acceptors (Lipinski definition) is 4. The second-order valence-electron chi connectivity index (χ2n) is 5.41. The number of aryl methyl sites for hydroxylation is 1. The van der Waals surface area contributed by atoms with E-state index in [2.05, 4.69) is 35.8 Å². The molecule has 20 heavy (non-hydrogen) atoms. The molecule has 0 atom stereocenters. The third-order valence-electron chi connectivity index (χ3n) is 4.30. The van der Waals surface area contributed by atoms with E-state index in [1.54, 1.807) is 0 Å². The Kier molecular flexibility index (Phi) is 3.49. The molecule has 0 saturated carbocycles. The number of benzene rings is 1. The van der Waals surface area contributed by atoms with Crippen LogP contribution < -0.4 is 10.6 Å². The molecule has 0 aliphatic carbocycles. The molecule has 1 aromatic carbocycles. The zero-order chi connectivity index (χ0) is 14.1. The van der Waals surface area contributed by atoms with Crippen LogP contribution in [0.5, 0.6) is 0 Å². The lowest BCUT2D eigenvalue weighted by molar-refractivity contribution is 0.270. The minimum absolute atomic E-state index is 0.827. The molecule has 0 unspecified atom stereocenters. The number of pyridine rings is 1. The predicted molar refractivity (Wildman–Crippen MR) is 85.2 cm³/mol. The van der Waals surface area contributed by atoms with Gasteiger partial charge in [0.1, 0.15) is 0 Å². The van der Waals surface area contributed by atoms with Crippen LogP contribution in [0.2, 0.25) is 0 Å². The van der Waals surface area contributed by atoms with E-state index in [4.69, 9.17) is 10.7 Å². The number of rotatable bonds is 2. The molecule has 1 aromatic heterocycles. The molecule has 4 nitrogen and oxygen atoms in total. The Balaban J connectivity index is 1.98. The third kappa shape index (κ3) is 2.20. The van der Waals surface area contributed by atoms with Gasteiger partial charge in [-0.05, 0) is 25.1 Å². The van der Waals surface area contributed by atoms with Gasteiger partial charge in [-0.15, -0.1) is 0 Å². The first kappa shape index (κ1) is 13.2. The summed E-state index contributed by atoms with van der Waals surface area (Å²) in [5.74, 6) is 0.956. The lowest BCUT2D eigenvalue weighted by Gasteiger charge is -2.35. The van der Waals surface area contributed by atoms with E-state index in [1.165, 1.54) is 0 Å². The molecule has 2 aromatic rings. The van der Waals surface area contributed by atoms with Crippen LogP contribution in [0.4, 0.5) is 11.5 Å². The van der Waals surface area contributed by atoms with Gasteiger partial charge in [0, 0.05) is 31.6 Å². The maximum Gasteiger partial charge on any atom is 0.152 e. The number of anilines is 2. The van der Waals surface area contributed by atoms with Crippen LogP contribution in [-0.2, 0) is 0 Å². The molecule has 0 radical (unpaired) electrons. The molecule has 4 heteroatoms. The number of nitrogens with zero attached hydrogens (tertiary/aromatic N) is 3. The minimum Gasteiger partial charge on any atom is -0.396 e. The van der Waals surface area contributed by atoms with Crippen LogP contribution in [-0.4, -0.2) is 42.6 Å². The molecule has 2 N–H and O–H groups in total. The standard InChI is InChI=1S/C16H22N4/c1-3-19-8-10-20(11-9-19)16-15(17)12(2)13-6-4-5-7-14(13)18-16/h4-7H,3,8-11,17H2,1-2H3. The van der Waals surface area contributed by atoms with E-state index in [9.17, 15) is 0 Å². The average Bonchev–Trinajstić information content (AvgIpc) is 2.51. The molecule has 106 valence electrons. The Labute approximate surface area is 120 Å². The number of aromatic nitrogens is 1. The van der Waals surface area contributed by atoms with Gasteiger partial charge in [0.15, 0.2) is 5.82 Å². The van der Waals surface area contributed by atoms with Gasteiger partial charge in [0.05, 0.1) is 11.2 Å². The molecule has 1 fully saturated rings. The zero-order valence-corrected chi connectivity index (χ0v) is 12.3. The van der Waals surface area contributed by atoms with Crippen molar-refractivity contribution in [2.75, 3.05) is 43.4 Å². The molecule has 1 saturated heterocycles. The van der Waals surface area contributed by atoms with Gasteiger partial charge in [-0.3, -0.25) is 0 Å². The van der Waals surface area contributed by atoms with Crippen molar-refractivity contribution in [2.45, 2.75) is 13.8 Å². The summed E-state index contributed by atoms with van der Waals surface area (Å²) in [6, 6.07) is 8.22. The number of hydrogen-bond donors (Lipinski definition) is 1. The Bertz CT molecular complexity index is 615. The highest BCUT2D eigenvalue weighted by Gasteiger charge is 2.20. The first-order valence-corrected chi connectivity index (χ1v) is 7.33. The van der Waals surface area contributed by atoms with E-state index >= 15 is 0 Å². The lowest BCUT2D eigenvalue weighted by Crippen LogP contribution is -2.46. The molecule has 0 amide bonds. The van der Waals surface area contributed by atoms with Gasteiger partial charge in [-0.2, -0.15) is 0 Å². The normalized spacial score (nSPS) is 16.8. The molecule has 2 heterocycles. The fourth-order valence-corrected chi connectivity index (χ4v) is 2.89. The Morgan fingerprint density at radius 1 is 1.15 bits per heavy atom. The number of likely N-dealkylation sites (N-methyl/N-ethyl adjacent to an activating group) is 1. The highest BCUT2D eigenvalue weighted by Crippen LogP contribution is 2.30. The van der Waals surface area contributed by atoms with Crippen LogP contribution in [0.15, 0.2) is 24.3 Å². The van der Waals surface area contributed by atoms with Crippen molar-refractivity contribution in [3.8, 4) is 0 Å². The van der Waals surface area contributed by atoms with Gasteiger partial charge in [-0.25, -0.2) is 4.98 Å². The van der Waals surface area contributed by atoms with E-state index in [1.807, 2.05) is 12.1 Å². The first-order valence-electron chi connectivity index (χ1n) is 7.33. The Morgan fingerprint density at radius 3 is 2.55 bits per heavy atom. The summed E-state index contributed by atoms with van der Waals surface area (Å²) in [6.45, 7) is 9.60. The average molecular weight is 270 g/mol. The predicted octanol–water partition coefficient (Wildman–Crippen LogP) is 2.27. The molecular weight excluding hydrogens is 248 g/mol. The van der Waals surface area contributed by atoms with Gasteiger partial charge in [0.2, 0.25) is 0 Å². The van der Waals surface area contributed by atoms with Crippen molar-refractivity contribution in [1.29, 1.82) is 0 Å². The molecule has 0 bridgehead atoms. The molecule has 0 spiro atoms. The fourth-order valence-electron chi connectivity index (χ4n) is 2.89. The SMILES string of the molecule is CCN1CCN(c2nc3ccccc3c(C)c2N)CC1. The van der Waals surface area contributed by atoms with E-state index in [0.717, 1.165) is 60.7 Å². The lowest BCUT2D eigenvalue weighted by atomic mass is 10.1. The van der Waals surface area contributed by atoms with Gasteiger partial charge in [0.25, 0.3) is 0 Å². The molecule has 1 aliphatic heterocycles. The van der Waals surface area contributed by atoms with Crippen molar-refractivity contribution in [2.24, 2.45) is 0 Å². The highest BCUT2D eigenvalue weighted by molar-refractivity contribution is 5.90. The minimum atomic E-state index is 0.827. The van der Waals surface area contributed by atoms with Gasteiger partial charge < -0.3 is 15.5 Å². The zero-order valence-electron chi connectivity index (χ0n) is 12.3. The molecule has 1 aliphatic rings. The number of para-hydroxylation sites is 1. The number of nitrogen functional groups attached to an aromatic ring is 1. The Hall–Kier alpha value is -1.81. The maximum atomic E-state index is 6.33. The van der Waals surface area contributed by atoms with Crippen molar-refractivity contribution >= 4 is 22.4 Å². The fraction of sp³-hybridized carbons (Fsp3) is 0.438. The van der Waals surface area contributed by atoms with Crippen molar-refractivity contribution in [3.63, 3.8) is 0 Å². The largest absolute Gasteiger partial charge is 0.396 e. The number of fused-ring (bicyclic) bond motifs is 1. The highest BCUT2D eigenvalue weighted by atomic mass is 15.3. The Morgan fingerprint density at radius 2 is 1.85 bits per heavy atom.